The number of ether oxygens (including phenoxy) is 1. The molecule has 0 aliphatic carbocycles. The summed E-state index contributed by atoms with van der Waals surface area (Å²) in [5.74, 6) is 0.134. The van der Waals surface area contributed by atoms with E-state index in [2.05, 4.69) is 11.4 Å². The fourth-order valence-electron chi connectivity index (χ4n) is 1.85. The number of halogens is 2. The molecule has 0 saturated carbocycles. The Balaban J connectivity index is 2.30. The lowest BCUT2D eigenvalue weighted by Crippen LogP contribution is -2.05. The van der Waals surface area contributed by atoms with Crippen LogP contribution in [0.2, 0.25) is 5.02 Å². The molecular weight excluding hydrogens is 279 g/mol. The van der Waals surface area contributed by atoms with E-state index in [1.165, 1.54) is 13.2 Å². The van der Waals surface area contributed by atoms with Gasteiger partial charge >= 0.3 is 0 Å². The van der Waals surface area contributed by atoms with Gasteiger partial charge in [-0.05, 0) is 24.3 Å². The maximum atomic E-state index is 13.7. The van der Waals surface area contributed by atoms with Crippen molar-refractivity contribution in [2.24, 2.45) is 0 Å². The number of methoxy groups -OCH3 is 1. The van der Waals surface area contributed by atoms with Crippen molar-refractivity contribution in [2.45, 2.75) is 6.54 Å². The van der Waals surface area contributed by atoms with Crippen LogP contribution >= 0.6 is 11.6 Å². The summed E-state index contributed by atoms with van der Waals surface area (Å²) in [4.78, 5) is 0. The molecule has 0 bridgehead atoms. The molecule has 2 aromatic rings. The maximum Gasteiger partial charge on any atom is 0.143 e. The molecule has 0 aliphatic rings. The molecule has 102 valence electrons. The van der Waals surface area contributed by atoms with Crippen LogP contribution in [0.4, 0.5) is 10.1 Å². The summed E-state index contributed by atoms with van der Waals surface area (Å²) >= 11 is 5.97. The SMILES string of the molecule is COc1cccc(C#N)c1NCc1c(F)cccc1Cl. The number of rotatable bonds is 4. The van der Waals surface area contributed by atoms with Gasteiger partial charge in [-0.15, -0.1) is 0 Å². The molecule has 0 heterocycles. The standard InChI is InChI=1S/C15H12ClFN2O/c1-20-14-7-2-4-10(8-18)15(14)19-9-11-12(16)5-3-6-13(11)17/h2-7,19H,9H2,1H3. The minimum atomic E-state index is -0.390. The third-order valence-corrected chi connectivity index (χ3v) is 3.22. The van der Waals surface area contributed by atoms with Crippen LogP contribution in [0.15, 0.2) is 36.4 Å². The van der Waals surface area contributed by atoms with Crippen molar-refractivity contribution < 1.29 is 9.13 Å². The Kier molecular flexibility index (Phi) is 4.44. The molecule has 20 heavy (non-hydrogen) atoms. The topological polar surface area (TPSA) is 45.0 Å². The zero-order valence-corrected chi connectivity index (χ0v) is 11.5. The van der Waals surface area contributed by atoms with Crippen LogP contribution in [0.1, 0.15) is 11.1 Å². The quantitative estimate of drug-likeness (QED) is 0.926. The van der Waals surface area contributed by atoms with Gasteiger partial charge in [-0.25, -0.2) is 4.39 Å². The van der Waals surface area contributed by atoms with Crippen molar-refractivity contribution in [1.29, 1.82) is 5.26 Å². The average Bonchev–Trinajstić information content (AvgIpc) is 2.46. The van der Waals surface area contributed by atoms with Crippen molar-refractivity contribution >= 4 is 17.3 Å². The van der Waals surface area contributed by atoms with Gasteiger partial charge in [0.1, 0.15) is 17.6 Å². The Morgan fingerprint density at radius 3 is 2.70 bits per heavy atom. The molecule has 3 nitrogen and oxygen atoms in total. The van der Waals surface area contributed by atoms with Gasteiger partial charge in [0.05, 0.1) is 18.4 Å². The summed E-state index contributed by atoms with van der Waals surface area (Å²) < 4.78 is 18.9. The minimum Gasteiger partial charge on any atom is -0.495 e. The number of nitrogens with one attached hydrogen (secondary N) is 1. The van der Waals surface area contributed by atoms with Crippen LogP contribution in [0.5, 0.6) is 5.75 Å². The van der Waals surface area contributed by atoms with E-state index in [4.69, 9.17) is 21.6 Å². The number of benzene rings is 2. The fraction of sp³-hybridized carbons (Fsp3) is 0.133. The predicted molar refractivity (Wildman–Crippen MR) is 76.4 cm³/mol. The molecule has 2 rings (SSSR count). The van der Waals surface area contributed by atoms with Crippen LogP contribution in [0.3, 0.4) is 0 Å². The molecule has 0 aliphatic heterocycles. The van der Waals surface area contributed by atoms with Crippen molar-refractivity contribution in [3.8, 4) is 11.8 Å². The second kappa shape index (κ2) is 6.27. The Hall–Kier alpha value is -2.25. The number of nitrogens with zero attached hydrogens (tertiary/aromatic N) is 1. The van der Waals surface area contributed by atoms with Gasteiger partial charge in [0.25, 0.3) is 0 Å². The fourth-order valence-corrected chi connectivity index (χ4v) is 2.08. The normalized spacial score (nSPS) is 9.90. The summed E-state index contributed by atoms with van der Waals surface area (Å²) in [7, 11) is 1.51. The first-order chi connectivity index (χ1) is 9.67. The molecule has 5 heteroatoms. The second-order valence-electron chi connectivity index (χ2n) is 4.05. The van der Waals surface area contributed by atoms with Crippen LogP contribution in [-0.2, 0) is 6.54 Å². The van der Waals surface area contributed by atoms with Gasteiger partial charge < -0.3 is 10.1 Å². The smallest absolute Gasteiger partial charge is 0.143 e. The first-order valence-corrected chi connectivity index (χ1v) is 6.29. The first-order valence-electron chi connectivity index (χ1n) is 5.91. The number of hydrogen-bond donors (Lipinski definition) is 1. The van der Waals surface area contributed by atoms with Crippen molar-refractivity contribution in [3.63, 3.8) is 0 Å². The summed E-state index contributed by atoms with van der Waals surface area (Å²) in [6, 6.07) is 11.7. The van der Waals surface area contributed by atoms with E-state index < -0.39 is 5.82 Å². The van der Waals surface area contributed by atoms with E-state index >= 15 is 0 Å². The van der Waals surface area contributed by atoms with E-state index in [1.807, 2.05) is 0 Å². The molecule has 0 amide bonds. The Bertz CT molecular complexity index is 647. The van der Waals surface area contributed by atoms with Gasteiger partial charge in [0.2, 0.25) is 0 Å². The molecule has 0 aromatic heterocycles. The van der Waals surface area contributed by atoms with Gasteiger partial charge in [-0.3, -0.25) is 0 Å². The predicted octanol–water partition coefficient (Wildman–Crippen LogP) is 3.97. The van der Waals surface area contributed by atoms with Crippen molar-refractivity contribution in [1.82, 2.24) is 0 Å². The van der Waals surface area contributed by atoms with E-state index in [1.54, 1.807) is 30.3 Å². The van der Waals surface area contributed by atoms with Crippen LogP contribution < -0.4 is 10.1 Å². The molecule has 0 fully saturated rings. The lowest BCUT2D eigenvalue weighted by Gasteiger charge is -2.13. The Morgan fingerprint density at radius 2 is 2.05 bits per heavy atom. The van der Waals surface area contributed by atoms with Crippen molar-refractivity contribution in [3.05, 3.63) is 58.4 Å². The molecule has 0 atom stereocenters. The molecule has 0 radical (unpaired) electrons. The monoisotopic (exact) mass is 290 g/mol. The van der Waals surface area contributed by atoms with Gasteiger partial charge in [-0.2, -0.15) is 5.26 Å². The molecule has 0 spiro atoms. The number of nitriles is 1. The highest BCUT2D eigenvalue weighted by Crippen LogP contribution is 2.29. The minimum absolute atomic E-state index is 0.167. The largest absolute Gasteiger partial charge is 0.495 e. The lowest BCUT2D eigenvalue weighted by atomic mass is 10.1. The molecule has 0 unspecified atom stereocenters. The highest BCUT2D eigenvalue weighted by Gasteiger charge is 2.11. The lowest BCUT2D eigenvalue weighted by molar-refractivity contribution is 0.416. The van der Waals surface area contributed by atoms with Crippen LogP contribution in [0.25, 0.3) is 0 Å². The summed E-state index contributed by atoms with van der Waals surface area (Å²) in [6.45, 7) is 0.167. The van der Waals surface area contributed by atoms with Gasteiger partial charge in [0.15, 0.2) is 0 Å². The maximum absolute atomic E-state index is 13.7. The third kappa shape index (κ3) is 2.84. The highest BCUT2D eigenvalue weighted by molar-refractivity contribution is 6.31. The third-order valence-electron chi connectivity index (χ3n) is 2.87. The van der Waals surface area contributed by atoms with Gasteiger partial charge in [0, 0.05) is 17.1 Å². The number of para-hydroxylation sites is 1. The Morgan fingerprint density at radius 1 is 1.30 bits per heavy atom. The zero-order valence-electron chi connectivity index (χ0n) is 10.8. The summed E-state index contributed by atoms with van der Waals surface area (Å²) in [6.07, 6.45) is 0. The van der Waals surface area contributed by atoms with E-state index in [0.29, 0.717) is 27.6 Å². The highest BCUT2D eigenvalue weighted by atomic mass is 35.5. The van der Waals surface area contributed by atoms with Gasteiger partial charge in [-0.1, -0.05) is 23.7 Å². The average molecular weight is 291 g/mol. The van der Waals surface area contributed by atoms with Crippen LogP contribution in [-0.4, -0.2) is 7.11 Å². The van der Waals surface area contributed by atoms with E-state index in [0.717, 1.165) is 0 Å². The summed E-state index contributed by atoms with van der Waals surface area (Å²) in [5, 5.41) is 12.4. The zero-order chi connectivity index (χ0) is 14.5. The summed E-state index contributed by atoms with van der Waals surface area (Å²) in [5.41, 5.74) is 1.30. The Labute approximate surface area is 121 Å². The first kappa shape index (κ1) is 14.2. The molecule has 1 N–H and O–H groups in total. The van der Waals surface area contributed by atoms with E-state index in [-0.39, 0.29) is 6.54 Å². The van der Waals surface area contributed by atoms with Crippen LogP contribution in [0, 0.1) is 17.1 Å². The van der Waals surface area contributed by atoms with E-state index in [9.17, 15) is 4.39 Å². The molecule has 0 saturated heterocycles. The number of anilines is 1. The molecular formula is C15H12ClFN2O. The molecule has 2 aromatic carbocycles. The number of hydrogen-bond acceptors (Lipinski definition) is 3. The van der Waals surface area contributed by atoms with Crippen molar-refractivity contribution in [2.75, 3.05) is 12.4 Å². The second-order valence-corrected chi connectivity index (χ2v) is 4.46.